The molecule has 0 unspecified atom stereocenters. The van der Waals surface area contributed by atoms with E-state index in [-0.39, 0.29) is 0 Å². The van der Waals surface area contributed by atoms with Gasteiger partial charge in [-0.3, -0.25) is 0 Å². The minimum absolute atomic E-state index is 0.639. The fraction of sp³-hybridized carbons (Fsp3) is 0.286. The van der Waals surface area contributed by atoms with Crippen LogP contribution in [0.2, 0.25) is 5.02 Å². The SMILES string of the molecule is CCCc1nc(NN)c(C)c(Nc2ccc(Cl)cc2I)n1. The lowest BCUT2D eigenvalue weighted by Gasteiger charge is -2.14. The zero-order valence-corrected chi connectivity index (χ0v) is 14.8. The second kappa shape index (κ2) is 7.24. The number of hydrogen-bond donors (Lipinski definition) is 3. The number of rotatable bonds is 5. The van der Waals surface area contributed by atoms with Gasteiger partial charge in [-0.2, -0.15) is 0 Å². The molecule has 7 heteroatoms. The van der Waals surface area contributed by atoms with Gasteiger partial charge in [-0.1, -0.05) is 18.5 Å². The first kappa shape index (κ1) is 16.3. The molecule has 4 N–H and O–H groups in total. The van der Waals surface area contributed by atoms with Crippen LogP contribution in [-0.2, 0) is 6.42 Å². The van der Waals surface area contributed by atoms with Crippen molar-refractivity contribution in [2.24, 2.45) is 5.84 Å². The van der Waals surface area contributed by atoms with E-state index in [4.69, 9.17) is 17.4 Å². The number of nitrogens with zero attached hydrogens (tertiary/aromatic N) is 2. The van der Waals surface area contributed by atoms with Crippen molar-refractivity contribution in [2.75, 3.05) is 10.7 Å². The predicted octanol–water partition coefficient (Wildman–Crippen LogP) is 4.02. The molecule has 0 amide bonds. The van der Waals surface area contributed by atoms with Crippen LogP contribution in [0.25, 0.3) is 0 Å². The molecule has 0 aliphatic heterocycles. The summed E-state index contributed by atoms with van der Waals surface area (Å²) in [5.74, 6) is 7.70. The number of halogens is 2. The van der Waals surface area contributed by atoms with E-state index < -0.39 is 0 Å². The van der Waals surface area contributed by atoms with Gasteiger partial charge in [0.15, 0.2) is 0 Å². The van der Waals surface area contributed by atoms with Gasteiger partial charge in [-0.15, -0.1) is 0 Å². The molecule has 0 atom stereocenters. The third-order valence-electron chi connectivity index (χ3n) is 2.99. The Kier molecular flexibility index (Phi) is 5.60. The van der Waals surface area contributed by atoms with E-state index in [1.165, 1.54) is 0 Å². The van der Waals surface area contributed by atoms with Crippen LogP contribution in [0.15, 0.2) is 18.2 Å². The smallest absolute Gasteiger partial charge is 0.148 e. The van der Waals surface area contributed by atoms with Gasteiger partial charge in [0, 0.05) is 20.6 Å². The topological polar surface area (TPSA) is 75.9 Å². The zero-order chi connectivity index (χ0) is 15.4. The number of hydrazine groups is 1. The van der Waals surface area contributed by atoms with E-state index in [0.717, 1.165) is 39.3 Å². The fourth-order valence-corrected chi connectivity index (χ4v) is 2.89. The molecule has 0 spiro atoms. The van der Waals surface area contributed by atoms with E-state index in [0.29, 0.717) is 10.8 Å². The Hall–Kier alpha value is -1.12. The minimum Gasteiger partial charge on any atom is -0.339 e. The highest BCUT2D eigenvalue weighted by Crippen LogP contribution is 2.28. The highest BCUT2D eigenvalue weighted by molar-refractivity contribution is 14.1. The Balaban J connectivity index is 2.40. The first-order valence-corrected chi connectivity index (χ1v) is 8.07. The van der Waals surface area contributed by atoms with Crippen molar-refractivity contribution in [3.63, 3.8) is 0 Å². The van der Waals surface area contributed by atoms with E-state index in [1.54, 1.807) is 0 Å². The number of aryl methyl sites for hydroxylation is 1. The van der Waals surface area contributed by atoms with Crippen LogP contribution >= 0.6 is 34.2 Å². The van der Waals surface area contributed by atoms with Crippen molar-refractivity contribution in [1.82, 2.24) is 9.97 Å². The van der Waals surface area contributed by atoms with Crippen LogP contribution in [0.5, 0.6) is 0 Å². The lowest BCUT2D eigenvalue weighted by molar-refractivity contribution is 0.833. The Morgan fingerprint density at radius 3 is 2.62 bits per heavy atom. The molecule has 0 radical (unpaired) electrons. The molecule has 5 nitrogen and oxygen atoms in total. The van der Waals surface area contributed by atoms with Gasteiger partial charge in [-0.25, -0.2) is 15.8 Å². The van der Waals surface area contributed by atoms with Crippen molar-refractivity contribution in [3.05, 3.63) is 38.2 Å². The van der Waals surface area contributed by atoms with Crippen molar-refractivity contribution >= 4 is 51.5 Å². The summed E-state index contributed by atoms with van der Waals surface area (Å²) >= 11 is 8.22. The van der Waals surface area contributed by atoms with Crippen molar-refractivity contribution in [2.45, 2.75) is 26.7 Å². The molecular weight excluding hydrogens is 401 g/mol. The Bertz CT molecular complexity index is 648. The van der Waals surface area contributed by atoms with Gasteiger partial charge >= 0.3 is 0 Å². The zero-order valence-electron chi connectivity index (χ0n) is 11.9. The molecule has 0 saturated carbocycles. The van der Waals surface area contributed by atoms with E-state index >= 15 is 0 Å². The van der Waals surface area contributed by atoms with Gasteiger partial charge in [-0.05, 0) is 54.1 Å². The second-order valence-electron chi connectivity index (χ2n) is 4.61. The molecular formula is C14H17ClIN5. The summed E-state index contributed by atoms with van der Waals surface area (Å²) in [5.41, 5.74) is 4.46. The van der Waals surface area contributed by atoms with Crippen molar-refractivity contribution in [3.8, 4) is 0 Å². The Labute approximate surface area is 142 Å². The van der Waals surface area contributed by atoms with Crippen LogP contribution < -0.4 is 16.6 Å². The normalized spacial score (nSPS) is 10.5. The molecule has 0 fully saturated rings. The van der Waals surface area contributed by atoms with Crippen LogP contribution in [-0.4, -0.2) is 9.97 Å². The fourth-order valence-electron chi connectivity index (χ4n) is 1.88. The van der Waals surface area contributed by atoms with Crippen molar-refractivity contribution in [1.29, 1.82) is 0 Å². The molecule has 2 aromatic rings. The number of nitrogens with two attached hydrogens (primary N) is 1. The maximum absolute atomic E-state index is 5.98. The quantitative estimate of drug-likeness (QED) is 0.389. The highest BCUT2D eigenvalue weighted by Gasteiger charge is 2.11. The standard InChI is InChI=1S/C14H17ClIN5/c1-3-4-12-19-13(8(2)14(20-12)21-17)18-11-6-5-9(15)7-10(11)16/h5-7H,3-4,17H2,1-2H3,(H2,18,19,20,21). The Morgan fingerprint density at radius 1 is 1.29 bits per heavy atom. The van der Waals surface area contributed by atoms with E-state index in [9.17, 15) is 0 Å². The first-order chi connectivity index (χ1) is 10.0. The number of benzene rings is 1. The van der Waals surface area contributed by atoms with Crippen LogP contribution in [0.4, 0.5) is 17.3 Å². The molecule has 0 saturated heterocycles. The summed E-state index contributed by atoms with van der Waals surface area (Å²) in [6.07, 6.45) is 1.78. The van der Waals surface area contributed by atoms with Crippen LogP contribution in [0.3, 0.4) is 0 Å². The summed E-state index contributed by atoms with van der Waals surface area (Å²) in [7, 11) is 0. The van der Waals surface area contributed by atoms with Gasteiger partial charge in [0.2, 0.25) is 0 Å². The maximum atomic E-state index is 5.98. The third kappa shape index (κ3) is 3.96. The van der Waals surface area contributed by atoms with Gasteiger partial charge in [0.05, 0.1) is 5.69 Å². The number of anilines is 3. The first-order valence-electron chi connectivity index (χ1n) is 6.61. The summed E-state index contributed by atoms with van der Waals surface area (Å²) in [6, 6.07) is 5.67. The average Bonchev–Trinajstić information content (AvgIpc) is 2.45. The second-order valence-corrected chi connectivity index (χ2v) is 6.20. The largest absolute Gasteiger partial charge is 0.339 e. The lowest BCUT2D eigenvalue weighted by Crippen LogP contribution is -2.14. The molecule has 1 heterocycles. The number of hydrogen-bond acceptors (Lipinski definition) is 5. The molecule has 0 aliphatic carbocycles. The molecule has 2 rings (SSSR count). The minimum atomic E-state index is 0.639. The van der Waals surface area contributed by atoms with Gasteiger partial charge in [0.25, 0.3) is 0 Å². The monoisotopic (exact) mass is 417 g/mol. The number of nitrogen functional groups attached to an aromatic ring is 1. The van der Waals surface area contributed by atoms with Gasteiger partial charge in [0.1, 0.15) is 17.5 Å². The highest BCUT2D eigenvalue weighted by atomic mass is 127. The summed E-state index contributed by atoms with van der Waals surface area (Å²) in [5, 5.41) is 4.04. The molecule has 21 heavy (non-hydrogen) atoms. The van der Waals surface area contributed by atoms with Crippen molar-refractivity contribution < 1.29 is 0 Å². The predicted molar refractivity (Wildman–Crippen MR) is 96.0 cm³/mol. The molecule has 112 valence electrons. The van der Waals surface area contributed by atoms with Crippen LogP contribution in [0, 0.1) is 10.5 Å². The maximum Gasteiger partial charge on any atom is 0.148 e. The van der Waals surface area contributed by atoms with Crippen LogP contribution in [0.1, 0.15) is 24.7 Å². The molecule has 1 aromatic heterocycles. The number of aromatic nitrogens is 2. The van der Waals surface area contributed by atoms with Gasteiger partial charge < -0.3 is 10.7 Å². The summed E-state index contributed by atoms with van der Waals surface area (Å²) in [4.78, 5) is 8.98. The summed E-state index contributed by atoms with van der Waals surface area (Å²) < 4.78 is 1.03. The Morgan fingerprint density at radius 2 is 2.00 bits per heavy atom. The summed E-state index contributed by atoms with van der Waals surface area (Å²) in [6.45, 7) is 4.02. The lowest BCUT2D eigenvalue weighted by atomic mass is 10.2. The van der Waals surface area contributed by atoms with E-state index in [2.05, 4.69) is 50.2 Å². The van der Waals surface area contributed by atoms with E-state index in [1.807, 2.05) is 25.1 Å². The third-order valence-corrected chi connectivity index (χ3v) is 4.11. The molecule has 1 aromatic carbocycles. The number of nitrogens with one attached hydrogen (secondary N) is 2. The molecule has 0 aliphatic rings. The molecule has 0 bridgehead atoms. The average molecular weight is 418 g/mol.